The third-order valence-electron chi connectivity index (χ3n) is 3.97. The van der Waals surface area contributed by atoms with Gasteiger partial charge in [-0.05, 0) is 47.5 Å². The Balaban J connectivity index is 1.58. The zero-order valence-electron chi connectivity index (χ0n) is 15.2. The first-order valence-electron chi connectivity index (χ1n) is 8.73. The van der Waals surface area contributed by atoms with Crippen molar-refractivity contribution in [3.63, 3.8) is 0 Å². The molecule has 1 N–H and O–H groups in total. The number of hydrogen-bond acceptors (Lipinski definition) is 3. The van der Waals surface area contributed by atoms with Crippen molar-refractivity contribution in [2.45, 2.75) is 13.0 Å². The van der Waals surface area contributed by atoms with Crippen LogP contribution in [0.25, 0.3) is 0 Å². The molecule has 3 aromatic rings. The number of rotatable bonds is 7. The maximum Gasteiger partial charge on any atom is 0.244 e. The summed E-state index contributed by atoms with van der Waals surface area (Å²) in [6.45, 7) is 0.331. The Morgan fingerprint density at radius 2 is 1.72 bits per heavy atom. The van der Waals surface area contributed by atoms with E-state index in [0.717, 1.165) is 21.2 Å². The fraction of sp³-hybridized carbons (Fsp3) is 0.0909. The summed E-state index contributed by atoms with van der Waals surface area (Å²) in [5.74, 6) is 0.447. The number of nitrogens with one attached hydrogen (secondary N) is 1. The average Bonchev–Trinajstić information content (AvgIpc) is 2.71. The molecule has 4 nitrogen and oxygen atoms in total. The van der Waals surface area contributed by atoms with Crippen LogP contribution in [0.2, 0.25) is 10.0 Å². The highest BCUT2D eigenvalue weighted by Gasteiger charge is 2.05. The minimum Gasteiger partial charge on any atom is -0.488 e. The molecule has 0 bridgehead atoms. The van der Waals surface area contributed by atoms with Crippen molar-refractivity contribution in [2.24, 2.45) is 5.10 Å². The van der Waals surface area contributed by atoms with Crippen LogP contribution in [0, 0.1) is 0 Å². The van der Waals surface area contributed by atoms with Crippen LogP contribution >= 0.6 is 39.1 Å². The Kier molecular flexibility index (Phi) is 7.69. The molecule has 7 heteroatoms. The van der Waals surface area contributed by atoms with Gasteiger partial charge in [-0.3, -0.25) is 4.79 Å². The zero-order valence-corrected chi connectivity index (χ0v) is 18.3. The fourth-order valence-electron chi connectivity index (χ4n) is 2.51. The highest BCUT2D eigenvalue weighted by molar-refractivity contribution is 9.10. The molecule has 0 aliphatic heterocycles. The number of ether oxygens (including phenoxy) is 1. The Morgan fingerprint density at radius 3 is 2.48 bits per heavy atom. The van der Waals surface area contributed by atoms with Gasteiger partial charge in [-0.25, -0.2) is 5.43 Å². The normalized spacial score (nSPS) is 10.9. The standard InChI is InChI=1S/C22H17BrCl2N2O2/c23-18-8-5-15(6-9-18)12-22(28)27-26-13-17-3-1-2-4-21(17)29-14-16-7-10-19(24)20(25)11-16/h1-11,13H,12,14H2,(H,27,28)/b26-13-. The van der Waals surface area contributed by atoms with Crippen molar-refractivity contribution in [1.29, 1.82) is 0 Å². The van der Waals surface area contributed by atoms with Crippen LogP contribution < -0.4 is 10.2 Å². The topological polar surface area (TPSA) is 50.7 Å². The van der Waals surface area contributed by atoms with E-state index in [1.807, 2.05) is 54.6 Å². The molecule has 0 aromatic heterocycles. The molecule has 1 amide bonds. The number of benzene rings is 3. The van der Waals surface area contributed by atoms with Gasteiger partial charge in [0.1, 0.15) is 12.4 Å². The van der Waals surface area contributed by atoms with Crippen LogP contribution in [-0.2, 0) is 17.8 Å². The number of hydrazone groups is 1. The van der Waals surface area contributed by atoms with E-state index in [4.69, 9.17) is 27.9 Å². The van der Waals surface area contributed by atoms with E-state index < -0.39 is 0 Å². The van der Waals surface area contributed by atoms with Gasteiger partial charge in [-0.1, -0.05) is 69.5 Å². The summed E-state index contributed by atoms with van der Waals surface area (Å²) >= 11 is 15.3. The molecule has 0 atom stereocenters. The van der Waals surface area contributed by atoms with E-state index in [9.17, 15) is 4.79 Å². The summed E-state index contributed by atoms with van der Waals surface area (Å²) in [5.41, 5.74) is 5.09. The second-order valence-corrected chi connectivity index (χ2v) is 7.90. The van der Waals surface area contributed by atoms with E-state index in [-0.39, 0.29) is 12.3 Å². The molecular weight excluding hydrogens is 475 g/mol. The van der Waals surface area contributed by atoms with Crippen molar-refractivity contribution >= 4 is 51.3 Å². The molecule has 0 fully saturated rings. The van der Waals surface area contributed by atoms with E-state index in [2.05, 4.69) is 26.5 Å². The minimum atomic E-state index is -0.197. The first kappa shape index (κ1) is 21.4. The number of carbonyl (C=O) groups excluding carboxylic acids is 1. The molecule has 29 heavy (non-hydrogen) atoms. The summed E-state index contributed by atoms with van der Waals surface area (Å²) < 4.78 is 6.84. The summed E-state index contributed by atoms with van der Waals surface area (Å²) in [5, 5.41) is 5.03. The molecule has 0 saturated carbocycles. The molecule has 0 saturated heterocycles. The zero-order chi connectivity index (χ0) is 20.6. The largest absolute Gasteiger partial charge is 0.488 e. The summed E-state index contributed by atoms with van der Waals surface area (Å²) in [4.78, 5) is 12.1. The lowest BCUT2D eigenvalue weighted by atomic mass is 10.1. The summed E-state index contributed by atoms with van der Waals surface area (Å²) in [6.07, 6.45) is 1.81. The van der Waals surface area contributed by atoms with E-state index in [0.29, 0.717) is 22.4 Å². The number of nitrogens with zero attached hydrogens (tertiary/aromatic N) is 1. The molecule has 0 unspecified atom stereocenters. The number of amides is 1. The Morgan fingerprint density at radius 1 is 1.00 bits per heavy atom. The summed E-state index contributed by atoms with van der Waals surface area (Å²) in [6, 6.07) is 20.4. The Hall–Kier alpha value is -2.34. The smallest absolute Gasteiger partial charge is 0.244 e. The van der Waals surface area contributed by atoms with Crippen LogP contribution in [0.5, 0.6) is 5.75 Å². The van der Waals surface area contributed by atoms with Gasteiger partial charge in [0.25, 0.3) is 0 Å². The number of halogens is 3. The quantitative estimate of drug-likeness (QED) is 0.324. The van der Waals surface area contributed by atoms with E-state index in [1.165, 1.54) is 0 Å². The monoisotopic (exact) mass is 490 g/mol. The second kappa shape index (κ2) is 10.4. The van der Waals surface area contributed by atoms with Gasteiger partial charge in [0.05, 0.1) is 22.7 Å². The van der Waals surface area contributed by atoms with Crippen LogP contribution in [0.4, 0.5) is 0 Å². The summed E-state index contributed by atoms with van der Waals surface area (Å²) in [7, 11) is 0. The molecule has 148 valence electrons. The minimum absolute atomic E-state index is 0.197. The lowest BCUT2D eigenvalue weighted by Gasteiger charge is -2.09. The lowest BCUT2D eigenvalue weighted by Crippen LogP contribution is -2.19. The number of para-hydroxylation sites is 1. The van der Waals surface area contributed by atoms with Crippen LogP contribution in [0.15, 0.2) is 76.3 Å². The molecular formula is C22H17BrCl2N2O2. The van der Waals surface area contributed by atoms with Crippen molar-refractivity contribution < 1.29 is 9.53 Å². The molecule has 0 aliphatic carbocycles. The molecule has 0 heterocycles. The third-order valence-corrected chi connectivity index (χ3v) is 5.24. The van der Waals surface area contributed by atoms with Gasteiger partial charge in [-0.15, -0.1) is 0 Å². The first-order chi connectivity index (χ1) is 14.0. The fourth-order valence-corrected chi connectivity index (χ4v) is 3.10. The van der Waals surface area contributed by atoms with Gasteiger partial charge >= 0.3 is 0 Å². The van der Waals surface area contributed by atoms with Gasteiger partial charge in [0, 0.05) is 10.0 Å². The van der Waals surface area contributed by atoms with Gasteiger partial charge in [-0.2, -0.15) is 5.10 Å². The highest BCUT2D eigenvalue weighted by Crippen LogP contribution is 2.24. The third kappa shape index (κ3) is 6.60. The predicted octanol–water partition coefficient (Wildman–Crippen LogP) is 6.03. The Labute approximate surface area is 187 Å². The molecule has 3 rings (SSSR count). The van der Waals surface area contributed by atoms with Gasteiger partial charge in [0.15, 0.2) is 0 Å². The van der Waals surface area contributed by atoms with Gasteiger partial charge < -0.3 is 4.74 Å². The maximum atomic E-state index is 12.1. The maximum absolute atomic E-state index is 12.1. The average molecular weight is 492 g/mol. The van der Waals surface area contributed by atoms with Crippen molar-refractivity contribution in [1.82, 2.24) is 5.43 Å². The predicted molar refractivity (Wildman–Crippen MR) is 121 cm³/mol. The highest BCUT2D eigenvalue weighted by atomic mass is 79.9. The SMILES string of the molecule is O=C(Cc1ccc(Br)cc1)N/N=C\c1ccccc1OCc1ccc(Cl)c(Cl)c1. The molecule has 0 spiro atoms. The molecule has 0 aliphatic rings. The first-order valence-corrected chi connectivity index (χ1v) is 10.3. The van der Waals surface area contributed by atoms with Gasteiger partial charge in [0.2, 0.25) is 5.91 Å². The van der Waals surface area contributed by atoms with Crippen LogP contribution in [0.1, 0.15) is 16.7 Å². The second-order valence-electron chi connectivity index (χ2n) is 6.17. The number of hydrogen-bond donors (Lipinski definition) is 1. The lowest BCUT2D eigenvalue weighted by molar-refractivity contribution is -0.120. The Bertz CT molecular complexity index is 1020. The van der Waals surface area contributed by atoms with Crippen molar-refractivity contribution in [2.75, 3.05) is 0 Å². The van der Waals surface area contributed by atoms with Crippen LogP contribution in [-0.4, -0.2) is 12.1 Å². The van der Waals surface area contributed by atoms with E-state index in [1.54, 1.807) is 18.3 Å². The van der Waals surface area contributed by atoms with Crippen molar-refractivity contribution in [3.05, 3.63) is 97.9 Å². The van der Waals surface area contributed by atoms with E-state index >= 15 is 0 Å². The van der Waals surface area contributed by atoms with Crippen molar-refractivity contribution in [3.8, 4) is 5.75 Å². The number of carbonyl (C=O) groups is 1. The molecule has 0 radical (unpaired) electrons. The van der Waals surface area contributed by atoms with Crippen LogP contribution in [0.3, 0.4) is 0 Å². The molecule has 3 aromatic carbocycles.